The summed E-state index contributed by atoms with van der Waals surface area (Å²) in [4.78, 5) is 2.29. The highest BCUT2D eigenvalue weighted by atomic mass is 127. The molecule has 2 aromatic heterocycles. The first-order valence-electron chi connectivity index (χ1n) is 9.52. The van der Waals surface area contributed by atoms with Crippen LogP contribution in [0.25, 0.3) is 16.8 Å². The van der Waals surface area contributed by atoms with Crippen LogP contribution in [0.5, 0.6) is 0 Å². The Balaban J connectivity index is 1.73. The number of nitriles is 1. The van der Waals surface area contributed by atoms with Gasteiger partial charge in [-0.15, -0.1) is 10.2 Å². The first kappa shape index (κ1) is 18.8. The fourth-order valence-corrected chi connectivity index (χ4v) is 4.66. The number of aromatic nitrogens is 5. The molecule has 1 aliphatic rings. The second-order valence-electron chi connectivity index (χ2n) is 7.28. The van der Waals surface area contributed by atoms with Crippen molar-refractivity contribution < 1.29 is 0 Å². The van der Waals surface area contributed by atoms with E-state index in [0.29, 0.717) is 5.56 Å². The molecule has 0 amide bonds. The number of rotatable bonds is 2. The lowest BCUT2D eigenvalue weighted by Gasteiger charge is -2.26. The summed E-state index contributed by atoms with van der Waals surface area (Å²) in [6.45, 7) is 2.73. The van der Waals surface area contributed by atoms with Gasteiger partial charge in [-0.1, -0.05) is 28.7 Å². The molecule has 5 rings (SSSR count). The van der Waals surface area contributed by atoms with E-state index in [0.717, 1.165) is 46.4 Å². The van der Waals surface area contributed by atoms with Gasteiger partial charge in [-0.2, -0.15) is 10.4 Å². The minimum Gasteiger partial charge on any atom is -0.338 e. The predicted octanol–water partition coefficient (Wildman–Crippen LogP) is 4.48. The molecule has 0 radical (unpaired) electrons. The normalized spacial score (nSPS) is 15.3. The van der Waals surface area contributed by atoms with E-state index in [-0.39, 0.29) is 3.92 Å². The topological polar surface area (TPSA) is 75.6 Å². The highest BCUT2D eigenvalue weighted by molar-refractivity contribution is 14.1. The Hall–Kier alpha value is -3.19. The summed E-state index contributed by atoms with van der Waals surface area (Å²) < 4.78 is 4.10. The number of anilines is 2. The third kappa shape index (κ3) is 3.06. The van der Waals surface area contributed by atoms with Crippen molar-refractivity contribution >= 4 is 34.0 Å². The van der Waals surface area contributed by atoms with Gasteiger partial charge < -0.3 is 4.90 Å². The molecule has 2 aromatic carbocycles. The van der Waals surface area contributed by atoms with Crippen molar-refractivity contribution in [2.24, 2.45) is 7.05 Å². The molecule has 4 aromatic rings. The number of fused-ring (bicyclic) bond motifs is 3. The average Bonchev–Trinajstić information content (AvgIpc) is 3.34. The van der Waals surface area contributed by atoms with Gasteiger partial charge in [-0.05, 0) is 48.9 Å². The van der Waals surface area contributed by atoms with E-state index in [1.54, 1.807) is 0 Å². The van der Waals surface area contributed by atoms with Gasteiger partial charge in [0.2, 0.25) is 0 Å². The van der Waals surface area contributed by atoms with E-state index < -0.39 is 0 Å². The molecule has 0 spiro atoms. The number of hydrogen-bond acceptors (Lipinski definition) is 5. The van der Waals surface area contributed by atoms with Crippen LogP contribution >= 0.6 is 22.6 Å². The average molecular weight is 507 g/mol. The van der Waals surface area contributed by atoms with Crippen LogP contribution in [0.4, 0.5) is 11.4 Å². The van der Waals surface area contributed by atoms with Gasteiger partial charge in [0.15, 0.2) is 5.82 Å². The molecule has 30 heavy (non-hydrogen) atoms. The molecule has 8 heteroatoms. The first-order chi connectivity index (χ1) is 14.5. The summed E-state index contributed by atoms with van der Waals surface area (Å²) in [5.41, 5.74) is 5.97. The van der Waals surface area contributed by atoms with Crippen LogP contribution in [-0.2, 0) is 7.05 Å². The van der Waals surface area contributed by atoms with E-state index in [2.05, 4.69) is 71.6 Å². The zero-order chi connectivity index (χ0) is 20.8. The second-order valence-corrected chi connectivity index (χ2v) is 8.79. The maximum atomic E-state index is 9.18. The zero-order valence-electron chi connectivity index (χ0n) is 16.5. The molecular weight excluding hydrogens is 489 g/mol. The Morgan fingerprint density at radius 2 is 1.87 bits per heavy atom. The summed E-state index contributed by atoms with van der Waals surface area (Å²) in [5.74, 6) is 1.81. The van der Waals surface area contributed by atoms with Gasteiger partial charge in [0.25, 0.3) is 0 Å². The molecule has 1 aliphatic heterocycles. The lowest BCUT2D eigenvalue weighted by molar-refractivity contribution is 0.768. The van der Waals surface area contributed by atoms with Gasteiger partial charge in [-0.3, -0.25) is 9.25 Å². The Morgan fingerprint density at radius 1 is 1.07 bits per heavy atom. The van der Waals surface area contributed by atoms with E-state index in [1.165, 1.54) is 0 Å². The lowest BCUT2D eigenvalue weighted by Crippen LogP contribution is -2.20. The highest BCUT2D eigenvalue weighted by Crippen LogP contribution is 2.41. The minimum atomic E-state index is 0.147. The molecule has 0 fully saturated rings. The van der Waals surface area contributed by atoms with Gasteiger partial charge in [0.05, 0.1) is 33.1 Å². The molecule has 3 heterocycles. The molecule has 0 bridgehead atoms. The molecule has 0 saturated carbocycles. The van der Waals surface area contributed by atoms with Crippen molar-refractivity contribution in [3.8, 4) is 22.9 Å². The van der Waals surface area contributed by atoms with E-state index in [4.69, 9.17) is 0 Å². The minimum absolute atomic E-state index is 0.147. The second kappa shape index (κ2) is 7.25. The van der Waals surface area contributed by atoms with Crippen molar-refractivity contribution in [1.29, 1.82) is 5.26 Å². The van der Waals surface area contributed by atoms with Crippen molar-refractivity contribution in [3.05, 3.63) is 72.1 Å². The van der Waals surface area contributed by atoms with Crippen LogP contribution in [0.15, 0.2) is 54.9 Å². The van der Waals surface area contributed by atoms with Crippen molar-refractivity contribution in [1.82, 2.24) is 24.5 Å². The van der Waals surface area contributed by atoms with Crippen LogP contribution in [0.2, 0.25) is 0 Å². The lowest BCUT2D eigenvalue weighted by atomic mass is 10.1. The van der Waals surface area contributed by atoms with Crippen molar-refractivity contribution in [2.45, 2.75) is 10.8 Å². The van der Waals surface area contributed by atoms with Gasteiger partial charge in [0, 0.05) is 31.0 Å². The van der Waals surface area contributed by atoms with Crippen molar-refractivity contribution in [3.63, 3.8) is 0 Å². The molecule has 0 aliphatic carbocycles. The molecule has 7 nitrogen and oxygen atoms in total. The summed E-state index contributed by atoms with van der Waals surface area (Å²) in [7, 11) is 1.92. The van der Waals surface area contributed by atoms with Crippen LogP contribution < -0.4 is 4.90 Å². The maximum absolute atomic E-state index is 9.18. The van der Waals surface area contributed by atoms with Crippen LogP contribution in [0, 0.1) is 18.3 Å². The standard InChI is InChI=1S/C22H18IN7/c1-14-26-27-22-19(23)13-29(18-6-3-15(10-24)4-7-18)21-9-16(5-8-20(21)30(14)22)17-11-25-28(2)12-17/h3-9,11-12,19H,13H2,1-2H3/t19-/m1/s1. The summed E-state index contributed by atoms with van der Waals surface area (Å²) in [5, 5.41) is 22.3. The first-order valence-corrected chi connectivity index (χ1v) is 10.8. The Morgan fingerprint density at radius 3 is 2.57 bits per heavy atom. The molecule has 0 N–H and O–H groups in total. The largest absolute Gasteiger partial charge is 0.338 e. The fraction of sp³-hybridized carbons (Fsp3) is 0.182. The smallest absolute Gasteiger partial charge is 0.152 e. The predicted molar refractivity (Wildman–Crippen MR) is 123 cm³/mol. The van der Waals surface area contributed by atoms with Gasteiger partial charge in [0.1, 0.15) is 5.82 Å². The van der Waals surface area contributed by atoms with Crippen LogP contribution in [0.3, 0.4) is 0 Å². The van der Waals surface area contributed by atoms with E-state index >= 15 is 0 Å². The summed E-state index contributed by atoms with van der Waals surface area (Å²) in [6.07, 6.45) is 3.89. The monoisotopic (exact) mass is 507 g/mol. The molecule has 1 atom stereocenters. The number of alkyl halides is 1. The number of hydrogen-bond donors (Lipinski definition) is 0. The molecule has 0 saturated heterocycles. The number of aryl methyl sites for hydroxylation is 2. The Labute approximate surface area is 187 Å². The van der Waals surface area contributed by atoms with Crippen molar-refractivity contribution in [2.75, 3.05) is 11.4 Å². The molecular formula is C22H18IN7. The molecule has 0 unspecified atom stereocenters. The maximum Gasteiger partial charge on any atom is 0.152 e. The highest BCUT2D eigenvalue weighted by Gasteiger charge is 2.29. The summed E-state index contributed by atoms with van der Waals surface area (Å²) in [6, 6.07) is 16.4. The molecule has 148 valence electrons. The quantitative estimate of drug-likeness (QED) is 0.296. The third-order valence-corrected chi connectivity index (χ3v) is 6.28. The number of benzene rings is 2. The van der Waals surface area contributed by atoms with E-state index in [9.17, 15) is 5.26 Å². The SMILES string of the molecule is Cc1nnc2n1-c1ccc(-c3cnn(C)c3)cc1N(c1ccc(C#N)cc1)C[C@H]2I. The van der Waals surface area contributed by atoms with Gasteiger partial charge in [-0.25, -0.2) is 0 Å². The fourth-order valence-electron chi connectivity index (χ4n) is 3.86. The summed E-state index contributed by atoms with van der Waals surface area (Å²) >= 11 is 2.43. The Bertz CT molecular complexity index is 1280. The van der Waals surface area contributed by atoms with Gasteiger partial charge >= 0.3 is 0 Å². The van der Waals surface area contributed by atoms with Crippen LogP contribution in [0.1, 0.15) is 21.1 Å². The van der Waals surface area contributed by atoms with Crippen LogP contribution in [-0.4, -0.2) is 31.1 Å². The number of halogens is 1. The van der Waals surface area contributed by atoms with E-state index in [1.807, 2.05) is 55.3 Å². The third-order valence-electron chi connectivity index (χ3n) is 5.33. The zero-order valence-corrected chi connectivity index (χ0v) is 18.6. The number of nitrogens with zero attached hydrogens (tertiary/aromatic N) is 7. The Kier molecular flexibility index (Phi) is 4.55.